The largest absolute Gasteiger partial charge is 0.385 e. The van der Waals surface area contributed by atoms with E-state index in [2.05, 4.69) is 4.98 Å². The van der Waals surface area contributed by atoms with Crippen LogP contribution in [0.5, 0.6) is 0 Å². The van der Waals surface area contributed by atoms with E-state index in [0.29, 0.717) is 18.5 Å². The molecule has 2 unspecified atom stereocenters. The first kappa shape index (κ1) is 13.7. The summed E-state index contributed by atoms with van der Waals surface area (Å²) in [5.74, 6) is 0. The second-order valence-electron chi connectivity index (χ2n) is 5.94. The van der Waals surface area contributed by atoms with Crippen LogP contribution in [0.2, 0.25) is 0 Å². The van der Waals surface area contributed by atoms with Crippen LogP contribution >= 0.6 is 0 Å². The molecule has 2 bridgehead atoms. The van der Waals surface area contributed by atoms with E-state index in [0.717, 1.165) is 30.4 Å². The van der Waals surface area contributed by atoms with E-state index < -0.39 is 16.4 Å². The smallest absolute Gasteiger partial charge is 0.143 e. The van der Waals surface area contributed by atoms with Gasteiger partial charge in [0.2, 0.25) is 0 Å². The van der Waals surface area contributed by atoms with Gasteiger partial charge >= 0.3 is 0 Å². The SMILES string of the molecule is Cc1cc(C2(O)CC3CCCC(C2)S3=O)cnc1C#N. The molecule has 2 fully saturated rings. The number of aromatic nitrogens is 1. The fraction of sp³-hybridized carbons (Fsp3) is 0.600. The highest BCUT2D eigenvalue weighted by Crippen LogP contribution is 2.44. The standard InChI is InChI=1S/C15H18N2O2S/c1-10-5-11(9-17-14(10)8-16)15(18)6-12-3-2-4-13(7-15)20(12)19/h5,9,12-13,18H,2-4,6-7H2,1H3. The van der Waals surface area contributed by atoms with Crippen molar-refractivity contribution in [3.05, 3.63) is 29.1 Å². The third kappa shape index (κ3) is 2.17. The van der Waals surface area contributed by atoms with Gasteiger partial charge < -0.3 is 5.11 Å². The Morgan fingerprint density at radius 1 is 1.45 bits per heavy atom. The summed E-state index contributed by atoms with van der Waals surface area (Å²) in [6, 6.07) is 3.90. The van der Waals surface area contributed by atoms with E-state index in [1.165, 1.54) is 0 Å². The summed E-state index contributed by atoms with van der Waals surface area (Å²) in [7, 11) is -0.800. The number of rotatable bonds is 1. The van der Waals surface area contributed by atoms with Crippen LogP contribution in [0.1, 0.15) is 48.9 Å². The van der Waals surface area contributed by atoms with Gasteiger partial charge in [-0.1, -0.05) is 6.42 Å². The van der Waals surface area contributed by atoms with Crippen molar-refractivity contribution in [1.82, 2.24) is 4.98 Å². The van der Waals surface area contributed by atoms with Gasteiger partial charge in [-0.3, -0.25) is 4.21 Å². The Morgan fingerprint density at radius 2 is 2.10 bits per heavy atom. The van der Waals surface area contributed by atoms with Crippen LogP contribution in [0.15, 0.2) is 12.3 Å². The minimum absolute atomic E-state index is 0.100. The summed E-state index contributed by atoms with van der Waals surface area (Å²) in [4.78, 5) is 4.13. The first-order chi connectivity index (χ1) is 9.53. The molecular weight excluding hydrogens is 272 g/mol. The Hall–Kier alpha value is -1.25. The average molecular weight is 290 g/mol. The summed E-state index contributed by atoms with van der Waals surface area (Å²) in [5.41, 5.74) is 1.02. The zero-order valence-corrected chi connectivity index (χ0v) is 12.3. The number of aryl methyl sites for hydroxylation is 1. The number of aliphatic hydroxyl groups is 1. The van der Waals surface area contributed by atoms with Crippen LogP contribution in [0.4, 0.5) is 0 Å². The second-order valence-corrected chi connectivity index (χ2v) is 7.93. The van der Waals surface area contributed by atoms with Crippen LogP contribution < -0.4 is 0 Å². The summed E-state index contributed by atoms with van der Waals surface area (Å²) in [6.45, 7) is 1.83. The van der Waals surface area contributed by atoms with E-state index >= 15 is 0 Å². The molecular formula is C15H18N2O2S. The maximum Gasteiger partial charge on any atom is 0.143 e. The Kier molecular flexibility index (Phi) is 3.39. The molecule has 3 rings (SSSR count). The summed E-state index contributed by atoms with van der Waals surface area (Å²) in [6.07, 6.45) is 5.69. The molecule has 2 atom stereocenters. The molecule has 5 heteroatoms. The van der Waals surface area contributed by atoms with Crippen LogP contribution in [0, 0.1) is 18.3 Å². The van der Waals surface area contributed by atoms with E-state index in [1.807, 2.05) is 19.1 Å². The molecule has 1 aromatic rings. The Balaban J connectivity index is 1.95. The van der Waals surface area contributed by atoms with Crippen molar-refractivity contribution in [3.8, 4) is 6.07 Å². The average Bonchev–Trinajstić information content (AvgIpc) is 2.41. The molecule has 0 spiro atoms. The lowest BCUT2D eigenvalue weighted by atomic mass is 9.81. The summed E-state index contributed by atoms with van der Waals surface area (Å²) >= 11 is 0. The number of nitrogens with zero attached hydrogens (tertiary/aromatic N) is 2. The lowest BCUT2D eigenvalue weighted by molar-refractivity contribution is 0.00618. The normalized spacial score (nSPS) is 36.4. The molecule has 1 N–H and O–H groups in total. The maximum absolute atomic E-state index is 12.2. The van der Waals surface area contributed by atoms with E-state index in [9.17, 15) is 9.32 Å². The van der Waals surface area contributed by atoms with Gasteiger partial charge in [-0.15, -0.1) is 0 Å². The molecule has 0 aliphatic carbocycles. The van der Waals surface area contributed by atoms with Crippen molar-refractivity contribution >= 4 is 10.8 Å². The number of fused-ring (bicyclic) bond motifs is 2. The van der Waals surface area contributed by atoms with Crippen LogP contribution in [0.25, 0.3) is 0 Å². The predicted molar refractivity (Wildman–Crippen MR) is 76.4 cm³/mol. The summed E-state index contributed by atoms with van der Waals surface area (Å²) < 4.78 is 12.2. The van der Waals surface area contributed by atoms with Crippen molar-refractivity contribution in [2.45, 2.75) is 55.1 Å². The first-order valence-corrected chi connectivity index (χ1v) is 8.30. The minimum Gasteiger partial charge on any atom is -0.385 e. The second kappa shape index (κ2) is 4.94. The molecule has 0 saturated carbocycles. The highest BCUT2D eigenvalue weighted by Gasteiger charge is 2.46. The number of hydrogen-bond donors (Lipinski definition) is 1. The highest BCUT2D eigenvalue weighted by atomic mass is 32.2. The van der Waals surface area contributed by atoms with E-state index in [-0.39, 0.29) is 10.5 Å². The van der Waals surface area contributed by atoms with E-state index in [4.69, 9.17) is 5.26 Å². The number of pyridine rings is 1. The van der Waals surface area contributed by atoms with Gasteiger partial charge in [0.15, 0.2) is 0 Å². The molecule has 20 heavy (non-hydrogen) atoms. The third-order valence-electron chi connectivity index (χ3n) is 4.56. The van der Waals surface area contributed by atoms with Crippen LogP contribution in [-0.2, 0) is 16.4 Å². The van der Waals surface area contributed by atoms with Crippen molar-refractivity contribution in [2.75, 3.05) is 0 Å². The molecule has 1 aromatic heterocycles. The highest BCUT2D eigenvalue weighted by molar-refractivity contribution is 7.86. The van der Waals surface area contributed by atoms with Gasteiger partial charge in [0, 0.05) is 33.1 Å². The van der Waals surface area contributed by atoms with Gasteiger partial charge in [0.05, 0.1) is 5.60 Å². The fourth-order valence-corrected chi connectivity index (χ4v) is 5.69. The van der Waals surface area contributed by atoms with Gasteiger partial charge in [0.25, 0.3) is 0 Å². The molecule has 0 aromatic carbocycles. The Labute approximate surface area is 121 Å². The van der Waals surface area contributed by atoms with Crippen LogP contribution in [0.3, 0.4) is 0 Å². The molecule has 2 aliphatic heterocycles. The molecule has 106 valence electrons. The lowest BCUT2D eigenvalue weighted by Crippen LogP contribution is -2.47. The molecule has 3 heterocycles. The molecule has 2 saturated heterocycles. The van der Waals surface area contributed by atoms with Gasteiger partial charge in [0.1, 0.15) is 11.8 Å². The number of hydrogen-bond acceptors (Lipinski definition) is 4. The fourth-order valence-electron chi connectivity index (χ4n) is 3.46. The van der Waals surface area contributed by atoms with E-state index in [1.54, 1.807) is 6.20 Å². The first-order valence-electron chi connectivity index (χ1n) is 7.02. The zero-order valence-electron chi connectivity index (χ0n) is 11.5. The minimum atomic E-state index is -0.935. The monoisotopic (exact) mass is 290 g/mol. The van der Waals surface area contributed by atoms with Crippen molar-refractivity contribution < 1.29 is 9.32 Å². The summed E-state index contributed by atoms with van der Waals surface area (Å²) in [5, 5.41) is 20.1. The molecule has 4 nitrogen and oxygen atoms in total. The van der Waals surface area contributed by atoms with Gasteiger partial charge in [-0.2, -0.15) is 5.26 Å². The predicted octanol–water partition coefficient (Wildman–Crippen LogP) is 1.91. The van der Waals surface area contributed by atoms with Crippen molar-refractivity contribution in [3.63, 3.8) is 0 Å². The van der Waals surface area contributed by atoms with Gasteiger partial charge in [-0.05, 0) is 44.2 Å². The maximum atomic E-state index is 12.2. The van der Waals surface area contributed by atoms with Crippen LogP contribution in [-0.4, -0.2) is 24.8 Å². The Morgan fingerprint density at radius 3 is 2.65 bits per heavy atom. The number of nitriles is 1. The molecule has 0 amide bonds. The lowest BCUT2D eigenvalue weighted by Gasteiger charge is -2.43. The Bertz CT molecular complexity index is 592. The van der Waals surface area contributed by atoms with Crippen molar-refractivity contribution in [1.29, 1.82) is 5.26 Å². The third-order valence-corrected chi connectivity index (χ3v) is 6.68. The topological polar surface area (TPSA) is 74.0 Å². The molecule has 2 aliphatic rings. The zero-order chi connectivity index (χ0) is 14.3. The molecule has 0 radical (unpaired) electrons. The van der Waals surface area contributed by atoms with Crippen molar-refractivity contribution in [2.24, 2.45) is 0 Å². The van der Waals surface area contributed by atoms with Gasteiger partial charge in [-0.25, -0.2) is 4.98 Å². The quantitative estimate of drug-likeness (QED) is 0.857.